The summed E-state index contributed by atoms with van der Waals surface area (Å²) < 4.78 is 35.9. The van der Waals surface area contributed by atoms with Crippen LogP contribution in [0.2, 0.25) is 0 Å². The lowest BCUT2D eigenvalue weighted by Crippen LogP contribution is -2.82. The van der Waals surface area contributed by atoms with Gasteiger partial charge in [0.1, 0.15) is 29.7 Å². The van der Waals surface area contributed by atoms with E-state index in [1.54, 1.807) is 76.2 Å². The third kappa shape index (κ3) is 7.95. The van der Waals surface area contributed by atoms with Gasteiger partial charge in [0.15, 0.2) is 23.6 Å². The molecule has 3 aliphatic carbocycles. The standard InChI is InChI=1S/C47H57NO15/c1-10-24(3)41(54)48-35(27-16-13-12-14-17-27)36(52)43(56)60-30-22-47(57)40(62-42(55)28-18-15-19-29(20-28)58-9)38-45(8,31(50)21-32-46(38,23-59-32)63-26(5)49)39(53)37(61-33(51)11-2)34(25(30)4)44(47,6)7/h10,12-20,30-32,35-38,40,50,52,57H,11,21-23H2,1-9H3,(H,48,54)/t30-,31-,32+,35-,36+,37+,38?,40-,45+,46-,47+/m0/s1. The number of nitrogens with one attached hydrogen (secondary N) is 1. The molecule has 1 unspecified atom stereocenters. The highest BCUT2D eigenvalue weighted by molar-refractivity contribution is 5.96. The summed E-state index contributed by atoms with van der Waals surface area (Å²) in [6.07, 6.45) is -9.24. The number of rotatable bonds is 12. The zero-order valence-electron chi connectivity index (χ0n) is 37.0. The van der Waals surface area contributed by atoms with Crippen molar-refractivity contribution in [1.82, 2.24) is 5.32 Å². The molecule has 1 aliphatic heterocycles. The number of hydrogen-bond donors (Lipinski definition) is 4. The molecule has 2 aromatic rings. The maximum Gasteiger partial charge on any atom is 0.338 e. The van der Waals surface area contributed by atoms with Gasteiger partial charge in [-0.2, -0.15) is 0 Å². The van der Waals surface area contributed by atoms with Gasteiger partial charge in [-0.1, -0.05) is 63.2 Å². The second-order valence-electron chi connectivity index (χ2n) is 17.6. The van der Waals surface area contributed by atoms with Crippen LogP contribution in [0.1, 0.15) is 96.6 Å². The van der Waals surface area contributed by atoms with E-state index in [9.17, 15) is 39.3 Å². The number of amides is 1. The maximum atomic E-state index is 15.6. The van der Waals surface area contributed by atoms with Crippen LogP contribution in [0.15, 0.2) is 77.4 Å². The molecule has 0 radical (unpaired) electrons. The molecule has 16 heteroatoms. The maximum absolute atomic E-state index is 15.6. The number of hydrogen-bond acceptors (Lipinski definition) is 15. The van der Waals surface area contributed by atoms with Crippen molar-refractivity contribution < 1.29 is 72.5 Å². The quantitative estimate of drug-likeness (QED) is 0.103. The van der Waals surface area contributed by atoms with Crippen LogP contribution in [0.3, 0.4) is 0 Å². The Kier molecular flexibility index (Phi) is 13.2. The molecule has 1 amide bonds. The first-order valence-electron chi connectivity index (χ1n) is 21.0. The van der Waals surface area contributed by atoms with Crippen LogP contribution in [0, 0.1) is 16.7 Å². The zero-order chi connectivity index (χ0) is 46.4. The molecule has 3 fully saturated rings. The minimum Gasteiger partial charge on any atom is -0.497 e. The number of benzene rings is 2. The van der Waals surface area contributed by atoms with Gasteiger partial charge in [0.25, 0.3) is 0 Å². The lowest BCUT2D eigenvalue weighted by Gasteiger charge is -2.67. The summed E-state index contributed by atoms with van der Waals surface area (Å²) in [5, 5.41) is 40.3. The van der Waals surface area contributed by atoms with Crippen molar-refractivity contribution in [2.75, 3.05) is 13.7 Å². The predicted octanol–water partition coefficient (Wildman–Crippen LogP) is 3.79. The van der Waals surface area contributed by atoms with Crippen LogP contribution >= 0.6 is 0 Å². The summed E-state index contributed by atoms with van der Waals surface area (Å²) in [6, 6.07) is 12.9. The molecule has 0 aromatic heterocycles. The largest absolute Gasteiger partial charge is 0.497 e. The Balaban J connectivity index is 1.57. The average Bonchev–Trinajstić information content (AvgIpc) is 3.25. The third-order valence-electron chi connectivity index (χ3n) is 13.8. The van der Waals surface area contributed by atoms with E-state index in [-0.39, 0.29) is 36.2 Å². The number of carbonyl (C=O) groups excluding carboxylic acids is 6. The van der Waals surface area contributed by atoms with Crippen LogP contribution < -0.4 is 10.1 Å². The lowest BCUT2D eigenvalue weighted by atomic mass is 9.44. The summed E-state index contributed by atoms with van der Waals surface area (Å²) in [5.74, 6) is -6.53. The predicted molar refractivity (Wildman–Crippen MR) is 223 cm³/mol. The van der Waals surface area contributed by atoms with Crippen LogP contribution in [0.5, 0.6) is 5.75 Å². The van der Waals surface area contributed by atoms with Crippen molar-refractivity contribution in [2.24, 2.45) is 16.7 Å². The Morgan fingerprint density at radius 2 is 1.68 bits per heavy atom. The van der Waals surface area contributed by atoms with Gasteiger partial charge < -0.3 is 49.1 Å². The first-order valence-corrected chi connectivity index (χ1v) is 21.0. The van der Waals surface area contributed by atoms with Gasteiger partial charge in [0.2, 0.25) is 5.91 Å². The van der Waals surface area contributed by atoms with Gasteiger partial charge in [-0.25, -0.2) is 9.59 Å². The molecule has 2 bridgehead atoms. The Hall–Kier alpha value is -5.42. The Bertz CT molecular complexity index is 2220. The number of ketones is 1. The van der Waals surface area contributed by atoms with Crippen molar-refractivity contribution in [1.29, 1.82) is 0 Å². The smallest absolute Gasteiger partial charge is 0.338 e. The number of aliphatic hydroxyl groups excluding tert-OH is 2. The van der Waals surface area contributed by atoms with Crippen molar-refractivity contribution in [2.45, 2.75) is 129 Å². The first kappa shape index (κ1) is 47.1. The third-order valence-corrected chi connectivity index (χ3v) is 13.8. The molecule has 4 aliphatic rings. The molecule has 2 aromatic carbocycles. The number of esters is 4. The molecular formula is C47H57NO15. The highest BCUT2D eigenvalue weighted by Crippen LogP contribution is 2.64. The molecule has 1 heterocycles. The van der Waals surface area contributed by atoms with E-state index < -0.39 is 113 Å². The summed E-state index contributed by atoms with van der Waals surface area (Å²) >= 11 is 0. The van der Waals surface area contributed by atoms with Gasteiger partial charge in [-0.05, 0) is 62.6 Å². The first-order chi connectivity index (χ1) is 29.6. The topological polar surface area (TPSA) is 231 Å². The van der Waals surface area contributed by atoms with Crippen LogP contribution in [-0.2, 0) is 47.7 Å². The lowest BCUT2D eigenvalue weighted by molar-refractivity contribution is -0.346. The van der Waals surface area contributed by atoms with E-state index in [4.69, 9.17) is 28.4 Å². The Morgan fingerprint density at radius 1 is 1.00 bits per heavy atom. The Morgan fingerprint density at radius 3 is 2.27 bits per heavy atom. The number of fused-ring (bicyclic) bond motifs is 5. The van der Waals surface area contributed by atoms with E-state index in [1.165, 1.54) is 40.0 Å². The van der Waals surface area contributed by atoms with Gasteiger partial charge in [-0.3, -0.25) is 19.2 Å². The fraction of sp³-hybridized carbons (Fsp3) is 0.532. The minimum absolute atomic E-state index is 0.00483. The number of Topliss-reactive ketones (excluding diaryl/α,β-unsaturated/α-hetero) is 1. The molecule has 11 atom stereocenters. The zero-order valence-corrected chi connectivity index (χ0v) is 37.0. The van der Waals surface area contributed by atoms with E-state index in [2.05, 4.69) is 5.32 Å². The highest BCUT2D eigenvalue weighted by atomic mass is 16.6. The van der Waals surface area contributed by atoms with E-state index in [0.29, 0.717) is 16.9 Å². The van der Waals surface area contributed by atoms with Gasteiger partial charge in [-0.15, -0.1) is 0 Å². The molecular weight excluding hydrogens is 819 g/mol. The molecule has 1 saturated heterocycles. The highest BCUT2D eigenvalue weighted by Gasteiger charge is 2.78. The number of ether oxygens (including phenoxy) is 6. The molecule has 340 valence electrons. The number of allylic oxidation sites excluding steroid dienone is 1. The van der Waals surface area contributed by atoms with Gasteiger partial charge in [0.05, 0.1) is 42.8 Å². The van der Waals surface area contributed by atoms with Crippen molar-refractivity contribution in [3.05, 3.63) is 88.5 Å². The molecule has 0 spiro atoms. The van der Waals surface area contributed by atoms with Crippen molar-refractivity contribution >= 4 is 35.6 Å². The fourth-order valence-electron chi connectivity index (χ4n) is 9.98. The summed E-state index contributed by atoms with van der Waals surface area (Å²) in [5.41, 5.74) is -7.15. The number of carbonyl (C=O) groups is 6. The second kappa shape index (κ2) is 17.6. The normalized spacial score (nSPS) is 31.9. The number of methoxy groups -OCH3 is 1. The summed E-state index contributed by atoms with van der Waals surface area (Å²) in [6.45, 7) is 11.6. The summed E-state index contributed by atoms with van der Waals surface area (Å²) in [4.78, 5) is 83.9. The minimum atomic E-state index is -2.42. The molecule has 16 nitrogen and oxygen atoms in total. The van der Waals surface area contributed by atoms with Gasteiger partial charge >= 0.3 is 23.9 Å². The van der Waals surface area contributed by atoms with E-state index >= 15 is 4.79 Å². The fourth-order valence-corrected chi connectivity index (χ4v) is 9.98. The second-order valence-corrected chi connectivity index (χ2v) is 17.6. The van der Waals surface area contributed by atoms with E-state index in [0.717, 1.165) is 6.92 Å². The molecule has 4 N–H and O–H groups in total. The molecule has 6 rings (SSSR count). The van der Waals surface area contributed by atoms with Crippen molar-refractivity contribution in [3.63, 3.8) is 0 Å². The van der Waals surface area contributed by atoms with Gasteiger partial charge in [0, 0.05) is 37.2 Å². The monoisotopic (exact) mass is 875 g/mol. The van der Waals surface area contributed by atoms with E-state index in [1.807, 2.05) is 0 Å². The Labute approximate surface area is 365 Å². The SMILES string of the molecule is CC=C(C)C(=O)N[C@@H](c1ccccc1)[C@@H](O)C(=O)O[C@H]1C[C@@]2(O)[C@@H](OC(=O)c3cccc(OC)c3)C3[C@](C)(C(=O)[C@H](OC(=O)CC)C(=C1C)C2(C)C)[C@@H](O)C[C@H]1OC[C@@]31OC(C)=O. The molecule has 2 saturated carbocycles. The van der Waals surface area contributed by atoms with Crippen LogP contribution in [0.4, 0.5) is 0 Å². The van der Waals surface area contributed by atoms with Crippen molar-refractivity contribution in [3.8, 4) is 5.75 Å². The number of aliphatic hydroxyl groups is 3. The van der Waals surface area contributed by atoms with Crippen LogP contribution in [0.25, 0.3) is 0 Å². The summed E-state index contributed by atoms with van der Waals surface area (Å²) in [7, 11) is 1.40. The molecule has 63 heavy (non-hydrogen) atoms. The average molecular weight is 876 g/mol. The van der Waals surface area contributed by atoms with Crippen LogP contribution in [-0.4, -0.2) is 112 Å².